The zero-order valence-corrected chi connectivity index (χ0v) is 13.8. The van der Waals surface area contributed by atoms with Crippen molar-refractivity contribution in [3.8, 4) is 11.6 Å². The molecule has 0 bridgehead atoms. The van der Waals surface area contributed by atoms with Gasteiger partial charge in [0.05, 0.1) is 17.3 Å². The number of pyridine rings is 1. The van der Waals surface area contributed by atoms with Crippen molar-refractivity contribution >= 4 is 21.9 Å². The maximum absolute atomic E-state index is 14.0. The number of hydrogen-bond donors (Lipinski definition) is 0. The first-order valence-corrected chi connectivity index (χ1v) is 7.31. The third-order valence-electron chi connectivity index (χ3n) is 2.73. The van der Waals surface area contributed by atoms with Crippen LogP contribution in [-0.2, 0) is 15.5 Å². The Balaban J connectivity index is 2.28. The quantitative estimate of drug-likeness (QED) is 0.732. The normalized spacial score (nSPS) is 11.2. The summed E-state index contributed by atoms with van der Waals surface area (Å²) in [5.41, 5.74) is -0.587. The first-order chi connectivity index (χ1) is 10.9. The summed E-state index contributed by atoms with van der Waals surface area (Å²) in [5.74, 6) is -5.05. The van der Waals surface area contributed by atoms with Crippen molar-refractivity contribution in [3.05, 3.63) is 40.5 Å². The molecule has 0 spiro atoms. The first-order valence-electron chi connectivity index (χ1n) is 6.51. The van der Waals surface area contributed by atoms with E-state index in [0.717, 1.165) is 6.20 Å². The minimum Gasteiger partial charge on any atom is -0.461 e. The Morgan fingerprint density at radius 3 is 2.70 bits per heavy atom. The van der Waals surface area contributed by atoms with Crippen LogP contribution in [0.2, 0.25) is 0 Å². The standard InChI is InChI=1S/C14H12BrF2N3O3/c1-3-22-13(21)14(16,17)11-8(2)4-9(5-19-11)23-12-10(15)6-18-7-20-12/h4-7H,3H2,1-2H3. The molecule has 0 atom stereocenters. The molecule has 0 saturated carbocycles. The van der Waals surface area contributed by atoms with Crippen molar-refractivity contribution in [1.82, 2.24) is 15.0 Å². The second-order valence-corrected chi connectivity index (χ2v) is 5.26. The van der Waals surface area contributed by atoms with Gasteiger partial charge in [-0.3, -0.25) is 4.98 Å². The number of ether oxygens (including phenoxy) is 2. The zero-order chi connectivity index (χ0) is 17.0. The van der Waals surface area contributed by atoms with E-state index in [0.29, 0.717) is 4.47 Å². The number of alkyl halides is 2. The molecule has 0 aliphatic carbocycles. The van der Waals surface area contributed by atoms with Crippen LogP contribution in [0.15, 0.2) is 29.3 Å². The van der Waals surface area contributed by atoms with Crippen molar-refractivity contribution in [2.45, 2.75) is 19.8 Å². The fraction of sp³-hybridized carbons (Fsp3) is 0.286. The van der Waals surface area contributed by atoms with Crippen LogP contribution >= 0.6 is 15.9 Å². The molecule has 0 fully saturated rings. The lowest BCUT2D eigenvalue weighted by molar-refractivity contribution is -0.173. The van der Waals surface area contributed by atoms with Gasteiger partial charge in [-0.2, -0.15) is 8.78 Å². The largest absolute Gasteiger partial charge is 0.461 e. The number of rotatable bonds is 5. The molecule has 0 aliphatic heterocycles. The summed E-state index contributed by atoms with van der Waals surface area (Å²) in [7, 11) is 0. The second-order valence-electron chi connectivity index (χ2n) is 4.41. The van der Waals surface area contributed by atoms with Gasteiger partial charge in [-0.15, -0.1) is 0 Å². The maximum atomic E-state index is 14.0. The Morgan fingerprint density at radius 2 is 2.09 bits per heavy atom. The molecule has 0 aromatic carbocycles. The van der Waals surface area contributed by atoms with Crippen molar-refractivity contribution in [3.63, 3.8) is 0 Å². The molecule has 2 rings (SSSR count). The highest BCUT2D eigenvalue weighted by Gasteiger charge is 2.45. The summed E-state index contributed by atoms with van der Waals surface area (Å²) in [6.07, 6.45) is 3.85. The van der Waals surface area contributed by atoms with Gasteiger partial charge in [0.1, 0.15) is 17.8 Å². The highest BCUT2D eigenvalue weighted by atomic mass is 79.9. The average molecular weight is 388 g/mol. The Hall–Kier alpha value is -2.16. The van der Waals surface area contributed by atoms with E-state index in [1.807, 2.05) is 0 Å². The molecule has 0 radical (unpaired) electrons. The molecule has 2 heterocycles. The third kappa shape index (κ3) is 3.79. The minimum atomic E-state index is -3.83. The molecule has 2 aromatic heterocycles. The number of carbonyl (C=O) groups excluding carboxylic acids is 1. The predicted octanol–water partition coefficient (Wildman–Crippen LogP) is 3.39. The Kier molecular flexibility index (Phi) is 5.19. The van der Waals surface area contributed by atoms with Crippen LogP contribution < -0.4 is 4.74 Å². The Bertz CT molecular complexity index is 728. The lowest BCUT2D eigenvalue weighted by atomic mass is 10.1. The van der Waals surface area contributed by atoms with Crippen LogP contribution in [0.5, 0.6) is 11.6 Å². The lowest BCUT2D eigenvalue weighted by Crippen LogP contribution is -2.30. The minimum absolute atomic E-state index is 0.0886. The third-order valence-corrected chi connectivity index (χ3v) is 3.27. The average Bonchev–Trinajstić information content (AvgIpc) is 2.49. The number of aromatic nitrogens is 3. The summed E-state index contributed by atoms with van der Waals surface area (Å²) in [6, 6.07) is 1.34. The monoisotopic (exact) mass is 387 g/mol. The Morgan fingerprint density at radius 1 is 1.35 bits per heavy atom. The number of aryl methyl sites for hydroxylation is 1. The molecule has 0 unspecified atom stereocenters. The van der Waals surface area contributed by atoms with Gasteiger partial charge < -0.3 is 9.47 Å². The molecule has 9 heteroatoms. The van der Waals surface area contributed by atoms with E-state index in [-0.39, 0.29) is 23.8 Å². The van der Waals surface area contributed by atoms with Crippen LogP contribution in [0.3, 0.4) is 0 Å². The van der Waals surface area contributed by atoms with E-state index in [4.69, 9.17) is 4.74 Å². The SMILES string of the molecule is CCOC(=O)C(F)(F)c1ncc(Oc2ncncc2Br)cc1C. The van der Waals surface area contributed by atoms with Gasteiger partial charge in [-0.1, -0.05) is 0 Å². The molecular weight excluding hydrogens is 376 g/mol. The first kappa shape index (κ1) is 17.2. The summed E-state index contributed by atoms with van der Waals surface area (Å²) < 4.78 is 38.3. The van der Waals surface area contributed by atoms with Gasteiger partial charge in [0.25, 0.3) is 0 Å². The molecule has 6 nitrogen and oxygen atoms in total. The van der Waals surface area contributed by atoms with E-state index >= 15 is 0 Å². The molecule has 0 N–H and O–H groups in total. The van der Waals surface area contributed by atoms with Gasteiger partial charge in [-0.05, 0) is 41.4 Å². The highest BCUT2D eigenvalue weighted by Crippen LogP contribution is 2.33. The van der Waals surface area contributed by atoms with E-state index < -0.39 is 17.6 Å². The number of halogens is 3. The van der Waals surface area contributed by atoms with Gasteiger partial charge in [0, 0.05) is 6.20 Å². The Labute approximate surface area is 139 Å². The maximum Gasteiger partial charge on any atom is 0.384 e. The van der Waals surface area contributed by atoms with Gasteiger partial charge in [-0.25, -0.2) is 14.8 Å². The number of esters is 1. The molecule has 122 valence electrons. The smallest absolute Gasteiger partial charge is 0.384 e. The van der Waals surface area contributed by atoms with Crippen molar-refractivity contribution in [2.24, 2.45) is 0 Å². The second kappa shape index (κ2) is 6.95. The fourth-order valence-corrected chi connectivity index (χ4v) is 2.04. The van der Waals surface area contributed by atoms with Crippen LogP contribution in [0, 0.1) is 6.92 Å². The number of nitrogens with zero attached hydrogens (tertiary/aromatic N) is 3. The van der Waals surface area contributed by atoms with Gasteiger partial charge >= 0.3 is 11.9 Å². The number of hydrogen-bond acceptors (Lipinski definition) is 6. The van der Waals surface area contributed by atoms with Crippen LogP contribution in [0.4, 0.5) is 8.78 Å². The van der Waals surface area contributed by atoms with Gasteiger partial charge in [0.15, 0.2) is 0 Å². The van der Waals surface area contributed by atoms with E-state index in [9.17, 15) is 13.6 Å². The molecule has 2 aromatic rings. The van der Waals surface area contributed by atoms with Gasteiger partial charge in [0.2, 0.25) is 5.88 Å². The zero-order valence-electron chi connectivity index (χ0n) is 12.2. The molecule has 0 aliphatic rings. The van der Waals surface area contributed by atoms with Crippen LogP contribution in [0.1, 0.15) is 18.2 Å². The van der Waals surface area contributed by atoms with Crippen molar-refractivity contribution in [2.75, 3.05) is 6.61 Å². The lowest BCUT2D eigenvalue weighted by Gasteiger charge is -2.16. The summed E-state index contributed by atoms with van der Waals surface area (Å²) in [4.78, 5) is 22.7. The molecule has 0 saturated heterocycles. The van der Waals surface area contributed by atoms with E-state index in [2.05, 4.69) is 35.6 Å². The highest BCUT2D eigenvalue weighted by molar-refractivity contribution is 9.10. The van der Waals surface area contributed by atoms with Crippen LogP contribution in [-0.4, -0.2) is 27.5 Å². The van der Waals surface area contributed by atoms with E-state index in [1.54, 1.807) is 0 Å². The molecular formula is C14H12BrF2N3O3. The topological polar surface area (TPSA) is 74.2 Å². The summed E-state index contributed by atoms with van der Waals surface area (Å²) in [5, 5.41) is 0. The number of carbonyl (C=O) groups is 1. The molecule has 23 heavy (non-hydrogen) atoms. The molecule has 0 amide bonds. The summed E-state index contributed by atoms with van der Waals surface area (Å²) >= 11 is 3.20. The summed E-state index contributed by atoms with van der Waals surface area (Å²) in [6.45, 7) is 2.71. The van der Waals surface area contributed by atoms with Crippen LogP contribution in [0.25, 0.3) is 0 Å². The fourth-order valence-electron chi connectivity index (χ4n) is 1.74. The van der Waals surface area contributed by atoms with E-state index in [1.165, 1.54) is 32.4 Å². The predicted molar refractivity (Wildman–Crippen MR) is 79.3 cm³/mol. The van der Waals surface area contributed by atoms with Crippen molar-refractivity contribution in [1.29, 1.82) is 0 Å². The van der Waals surface area contributed by atoms with Crippen molar-refractivity contribution < 1.29 is 23.0 Å².